The number of amides is 3. The lowest BCUT2D eigenvalue weighted by Gasteiger charge is -2.19. The number of rotatable bonds is 16. The number of nitrogens with one attached hydrogen (secondary N) is 4. The van der Waals surface area contributed by atoms with Crippen LogP contribution in [0.4, 0.5) is 11.4 Å². The molecular formula is C21H34N8O7S. The van der Waals surface area contributed by atoms with Crippen molar-refractivity contribution in [2.75, 3.05) is 24.7 Å². The molecule has 3 amide bonds. The molecule has 8 N–H and O–H groups in total. The second kappa shape index (κ2) is 15.4. The lowest BCUT2D eigenvalue weighted by molar-refractivity contribution is -0.384. The van der Waals surface area contributed by atoms with Crippen molar-refractivity contribution < 1.29 is 27.7 Å². The van der Waals surface area contributed by atoms with E-state index in [1.165, 1.54) is 24.3 Å². The Morgan fingerprint density at radius 1 is 1.05 bits per heavy atom. The zero-order valence-corrected chi connectivity index (χ0v) is 21.5. The van der Waals surface area contributed by atoms with Crippen LogP contribution in [0.15, 0.2) is 29.3 Å². The molecule has 0 aliphatic carbocycles. The quantitative estimate of drug-likeness (QED) is 0.0504. The van der Waals surface area contributed by atoms with Gasteiger partial charge in [-0.2, -0.15) is 0 Å². The Hall–Kier alpha value is -3.79. The normalized spacial score (nSPS) is 12.6. The number of nitro benzene ring substituents is 1. The Morgan fingerprint density at radius 3 is 2.22 bits per heavy atom. The number of hydrogen-bond donors (Lipinski definition) is 6. The van der Waals surface area contributed by atoms with Crippen molar-refractivity contribution in [2.45, 2.75) is 51.1 Å². The first-order valence-electron chi connectivity index (χ1n) is 11.5. The van der Waals surface area contributed by atoms with Gasteiger partial charge in [0.25, 0.3) is 5.69 Å². The number of hydrogen-bond acceptors (Lipinski definition) is 9. The molecule has 15 nitrogen and oxygen atoms in total. The summed E-state index contributed by atoms with van der Waals surface area (Å²) in [5.74, 6) is -2.33. The van der Waals surface area contributed by atoms with Crippen molar-refractivity contribution in [3.05, 3.63) is 34.4 Å². The van der Waals surface area contributed by atoms with Gasteiger partial charge >= 0.3 is 0 Å². The monoisotopic (exact) mass is 542 g/mol. The van der Waals surface area contributed by atoms with Gasteiger partial charge < -0.3 is 22.1 Å². The minimum atomic E-state index is -3.66. The summed E-state index contributed by atoms with van der Waals surface area (Å²) in [6.07, 6.45) is 3.06. The highest BCUT2D eigenvalue weighted by molar-refractivity contribution is 7.88. The fourth-order valence-corrected chi connectivity index (χ4v) is 3.86. The van der Waals surface area contributed by atoms with Crippen molar-refractivity contribution in [3.8, 4) is 0 Å². The summed E-state index contributed by atoms with van der Waals surface area (Å²) in [5.41, 5.74) is 10.9. The van der Waals surface area contributed by atoms with E-state index in [-0.39, 0.29) is 31.0 Å². The highest BCUT2D eigenvalue weighted by Gasteiger charge is 2.24. The minimum absolute atomic E-state index is 0.113. The smallest absolute Gasteiger partial charge is 0.269 e. The van der Waals surface area contributed by atoms with Crippen molar-refractivity contribution in [1.29, 1.82) is 0 Å². The maximum atomic E-state index is 12.8. The molecule has 0 saturated carbocycles. The van der Waals surface area contributed by atoms with E-state index >= 15 is 0 Å². The van der Waals surface area contributed by atoms with E-state index in [4.69, 9.17) is 11.5 Å². The first-order chi connectivity index (χ1) is 17.3. The molecule has 37 heavy (non-hydrogen) atoms. The van der Waals surface area contributed by atoms with Gasteiger partial charge in [0, 0.05) is 24.4 Å². The van der Waals surface area contributed by atoms with Crippen LogP contribution in [0.1, 0.15) is 39.0 Å². The summed E-state index contributed by atoms with van der Waals surface area (Å²) in [6, 6.07) is 3.38. The predicted octanol–water partition coefficient (Wildman–Crippen LogP) is -0.704. The van der Waals surface area contributed by atoms with Crippen LogP contribution in [0.2, 0.25) is 0 Å². The molecule has 0 heterocycles. The predicted molar refractivity (Wildman–Crippen MR) is 138 cm³/mol. The van der Waals surface area contributed by atoms with Gasteiger partial charge in [0.15, 0.2) is 5.96 Å². The van der Waals surface area contributed by atoms with E-state index in [9.17, 15) is 32.9 Å². The highest BCUT2D eigenvalue weighted by Crippen LogP contribution is 2.17. The molecule has 2 atom stereocenters. The van der Waals surface area contributed by atoms with Crippen LogP contribution in [-0.2, 0) is 24.4 Å². The van der Waals surface area contributed by atoms with Crippen LogP contribution in [0, 0.1) is 10.1 Å². The van der Waals surface area contributed by atoms with Crippen molar-refractivity contribution in [1.82, 2.24) is 15.4 Å². The lowest BCUT2D eigenvalue weighted by atomic mass is 10.1. The number of aliphatic imine (C=N–C) groups is 1. The summed E-state index contributed by atoms with van der Waals surface area (Å²) >= 11 is 0. The molecule has 0 fully saturated rings. The molecule has 0 bridgehead atoms. The first kappa shape index (κ1) is 31.2. The van der Waals surface area contributed by atoms with Crippen LogP contribution in [0.25, 0.3) is 0 Å². The lowest BCUT2D eigenvalue weighted by Crippen LogP contribution is -2.50. The van der Waals surface area contributed by atoms with E-state index in [1.54, 1.807) is 0 Å². The molecule has 0 aromatic heterocycles. The largest absolute Gasteiger partial charge is 0.374 e. The molecule has 0 spiro atoms. The Bertz CT molecular complexity index is 1070. The second-order valence-corrected chi connectivity index (χ2v) is 9.94. The van der Waals surface area contributed by atoms with E-state index in [2.05, 4.69) is 25.7 Å². The summed E-state index contributed by atoms with van der Waals surface area (Å²) in [7, 11) is -3.66. The number of unbranched alkanes of at least 4 members (excludes halogenated alkanes) is 1. The summed E-state index contributed by atoms with van der Waals surface area (Å²) in [6.45, 7) is 1.55. The number of benzene rings is 1. The van der Waals surface area contributed by atoms with Gasteiger partial charge in [-0.25, -0.2) is 13.1 Å². The Labute approximate surface area is 215 Å². The standard InChI is InChI=1S/C21H34N8O7S/c1-3-4-6-17(28-37(2,35)36)19(31)25-13-18(30)27-20(32)16(7-5-12-24-21(22)23)26-14-8-10-15(11-9-14)29(33)34/h8-11,16-17,26,28H,3-7,12-13H2,1-2H3,(H,25,31)(H4,22,23,24)(H,27,30,32)/t16-,17+/m0/s1. The van der Waals surface area contributed by atoms with E-state index in [1.807, 2.05) is 6.92 Å². The molecule has 1 rings (SSSR count). The summed E-state index contributed by atoms with van der Waals surface area (Å²) in [4.78, 5) is 51.6. The van der Waals surface area contributed by atoms with Gasteiger partial charge in [0.1, 0.15) is 12.1 Å². The number of carbonyl (C=O) groups excluding carboxylic acids is 3. The minimum Gasteiger partial charge on any atom is -0.374 e. The van der Waals surface area contributed by atoms with Crippen LogP contribution in [0.5, 0.6) is 0 Å². The van der Waals surface area contributed by atoms with E-state index < -0.39 is 51.3 Å². The van der Waals surface area contributed by atoms with Crippen molar-refractivity contribution in [2.24, 2.45) is 16.5 Å². The third-order valence-corrected chi connectivity index (χ3v) is 5.60. The zero-order chi connectivity index (χ0) is 28.0. The SMILES string of the molecule is CCCC[C@@H](NS(C)(=O)=O)C(=O)NCC(=O)NC(=O)[C@H](CCCN=C(N)N)Nc1ccc([N+](=O)[O-])cc1. The third kappa shape index (κ3) is 13.2. The van der Waals surface area contributed by atoms with Crippen LogP contribution < -0.4 is 32.1 Å². The average Bonchev–Trinajstić information content (AvgIpc) is 2.81. The molecule has 1 aromatic carbocycles. The Morgan fingerprint density at radius 2 is 1.68 bits per heavy atom. The van der Waals surface area contributed by atoms with Gasteiger partial charge in [0.05, 0.1) is 17.7 Å². The van der Waals surface area contributed by atoms with Crippen molar-refractivity contribution >= 4 is 45.1 Å². The van der Waals surface area contributed by atoms with Gasteiger partial charge in [-0.15, -0.1) is 0 Å². The molecule has 0 saturated heterocycles. The fourth-order valence-electron chi connectivity index (χ4n) is 3.12. The molecule has 0 unspecified atom stereocenters. The average molecular weight is 543 g/mol. The fraction of sp³-hybridized carbons (Fsp3) is 0.524. The van der Waals surface area contributed by atoms with E-state index in [0.717, 1.165) is 12.7 Å². The number of nitrogens with two attached hydrogens (primary N) is 2. The number of guanidine groups is 1. The van der Waals surface area contributed by atoms with Gasteiger partial charge in [-0.05, 0) is 31.4 Å². The number of carbonyl (C=O) groups is 3. The van der Waals surface area contributed by atoms with Crippen LogP contribution >= 0.6 is 0 Å². The number of nitrogens with zero attached hydrogens (tertiary/aromatic N) is 2. The molecule has 0 aliphatic rings. The zero-order valence-electron chi connectivity index (χ0n) is 20.7. The van der Waals surface area contributed by atoms with E-state index in [0.29, 0.717) is 18.5 Å². The number of imide groups is 1. The Balaban J connectivity index is 2.80. The topological polar surface area (TPSA) is 241 Å². The molecule has 1 aromatic rings. The number of anilines is 1. The van der Waals surface area contributed by atoms with Gasteiger partial charge in [-0.3, -0.25) is 34.8 Å². The Kier molecular flexibility index (Phi) is 13.0. The molecule has 0 aliphatic heterocycles. The number of sulfonamides is 1. The molecule has 0 radical (unpaired) electrons. The first-order valence-corrected chi connectivity index (χ1v) is 13.4. The maximum absolute atomic E-state index is 12.8. The summed E-state index contributed by atoms with van der Waals surface area (Å²) < 4.78 is 25.3. The molecule has 206 valence electrons. The molecular weight excluding hydrogens is 508 g/mol. The summed E-state index contributed by atoms with van der Waals surface area (Å²) in [5, 5.41) is 18.3. The van der Waals surface area contributed by atoms with Crippen LogP contribution in [-0.4, -0.2) is 68.5 Å². The second-order valence-electron chi connectivity index (χ2n) is 8.16. The van der Waals surface area contributed by atoms with Gasteiger partial charge in [-0.1, -0.05) is 19.8 Å². The highest BCUT2D eigenvalue weighted by atomic mass is 32.2. The molecule has 16 heteroatoms. The maximum Gasteiger partial charge on any atom is 0.269 e. The van der Waals surface area contributed by atoms with Crippen molar-refractivity contribution in [3.63, 3.8) is 0 Å². The third-order valence-electron chi connectivity index (χ3n) is 4.89. The number of non-ortho nitro benzene ring substituents is 1. The van der Waals surface area contributed by atoms with Gasteiger partial charge in [0.2, 0.25) is 27.7 Å². The number of nitro groups is 1. The van der Waals surface area contributed by atoms with Crippen LogP contribution in [0.3, 0.4) is 0 Å².